The van der Waals surface area contributed by atoms with Crippen LogP contribution in [0.1, 0.15) is 44.7 Å². The maximum atomic E-state index is 6.26. The molecule has 0 saturated heterocycles. The summed E-state index contributed by atoms with van der Waals surface area (Å²) in [5.41, 5.74) is 1.46. The minimum Gasteiger partial charge on any atom is -0.487 e. The van der Waals surface area contributed by atoms with Gasteiger partial charge in [-0.05, 0) is 31.4 Å². The lowest BCUT2D eigenvalue weighted by Gasteiger charge is -2.51. The van der Waals surface area contributed by atoms with Gasteiger partial charge in [0.1, 0.15) is 11.4 Å². The highest BCUT2D eigenvalue weighted by molar-refractivity contribution is 5.39. The molecule has 1 heterocycles. The van der Waals surface area contributed by atoms with Crippen LogP contribution in [-0.4, -0.2) is 12.1 Å². The topological polar surface area (TPSA) is 21.3 Å². The van der Waals surface area contributed by atoms with Gasteiger partial charge < -0.3 is 10.1 Å². The molecule has 1 spiro atoms. The first-order chi connectivity index (χ1) is 8.22. The number of ether oxygens (including phenoxy) is 1. The average molecular weight is 231 g/mol. The van der Waals surface area contributed by atoms with Crippen molar-refractivity contribution in [2.45, 2.75) is 44.8 Å². The Morgan fingerprint density at radius 2 is 2.06 bits per heavy atom. The van der Waals surface area contributed by atoms with Crippen LogP contribution in [0.2, 0.25) is 0 Å². The number of fused-ring (bicyclic) bond motifs is 1. The summed E-state index contributed by atoms with van der Waals surface area (Å²) in [6.07, 6.45) is 3.55. The molecule has 1 N–H and O–H groups in total. The Bertz CT molecular complexity index is 409. The predicted molar refractivity (Wildman–Crippen MR) is 69.2 cm³/mol. The van der Waals surface area contributed by atoms with Crippen molar-refractivity contribution in [1.82, 2.24) is 5.32 Å². The van der Waals surface area contributed by atoms with Crippen molar-refractivity contribution in [2.24, 2.45) is 5.92 Å². The highest BCUT2D eigenvalue weighted by Crippen LogP contribution is 2.50. The Morgan fingerprint density at radius 1 is 1.29 bits per heavy atom. The van der Waals surface area contributed by atoms with Gasteiger partial charge >= 0.3 is 0 Å². The van der Waals surface area contributed by atoms with Gasteiger partial charge in [0.15, 0.2) is 0 Å². The molecule has 1 atom stereocenters. The SMILES string of the molecule is CCNC1CC2(CC(C)C2)Oc2ccccc21. The number of hydrogen-bond acceptors (Lipinski definition) is 2. The van der Waals surface area contributed by atoms with Crippen molar-refractivity contribution in [3.63, 3.8) is 0 Å². The minimum absolute atomic E-state index is 0.126. The molecule has 2 nitrogen and oxygen atoms in total. The van der Waals surface area contributed by atoms with Crippen molar-refractivity contribution < 1.29 is 4.74 Å². The molecule has 0 aromatic heterocycles. The minimum atomic E-state index is 0.126. The van der Waals surface area contributed by atoms with E-state index in [1.165, 1.54) is 18.4 Å². The van der Waals surface area contributed by atoms with Crippen LogP contribution in [-0.2, 0) is 0 Å². The van der Waals surface area contributed by atoms with Gasteiger partial charge in [0.25, 0.3) is 0 Å². The summed E-state index contributed by atoms with van der Waals surface area (Å²) in [5, 5.41) is 3.60. The third-order valence-corrected chi connectivity index (χ3v) is 4.09. The molecule has 17 heavy (non-hydrogen) atoms. The van der Waals surface area contributed by atoms with Crippen LogP contribution in [0.5, 0.6) is 5.75 Å². The summed E-state index contributed by atoms with van der Waals surface area (Å²) in [4.78, 5) is 0. The van der Waals surface area contributed by atoms with Crippen molar-refractivity contribution in [3.8, 4) is 5.75 Å². The second kappa shape index (κ2) is 4.02. The number of hydrogen-bond donors (Lipinski definition) is 1. The normalized spacial score (nSPS) is 34.9. The molecule has 1 fully saturated rings. The molecular weight excluding hydrogens is 210 g/mol. The smallest absolute Gasteiger partial charge is 0.124 e. The summed E-state index contributed by atoms with van der Waals surface area (Å²) in [7, 11) is 0. The molecule has 1 aromatic carbocycles. The van der Waals surface area contributed by atoms with Crippen molar-refractivity contribution in [1.29, 1.82) is 0 Å². The third kappa shape index (κ3) is 1.85. The molecule has 0 amide bonds. The quantitative estimate of drug-likeness (QED) is 0.843. The largest absolute Gasteiger partial charge is 0.487 e. The second-order valence-electron chi connectivity index (χ2n) is 5.65. The van der Waals surface area contributed by atoms with Gasteiger partial charge in [-0.25, -0.2) is 0 Å². The molecule has 1 aromatic rings. The van der Waals surface area contributed by atoms with Gasteiger partial charge in [0.05, 0.1) is 0 Å². The van der Waals surface area contributed by atoms with E-state index in [0.29, 0.717) is 6.04 Å². The van der Waals surface area contributed by atoms with Crippen LogP contribution in [0.25, 0.3) is 0 Å². The fraction of sp³-hybridized carbons (Fsp3) is 0.600. The van der Waals surface area contributed by atoms with E-state index in [2.05, 4.69) is 43.4 Å². The lowest BCUT2D eigenvalue weighted by Crippen LogP contribution is -2.52. The summed E-state index contributed by atoms with van der Waals surface area (Å²) < 4.78 is 6.26. The van der Waals surface area contributed by atoms with Gasteiger partial charge in [-0.2, -0.15) is 0 Å². The van der Waals surface area contributed by atoms with Gasteiger partial charge in [0, 0.05) is 18.0 Å². The fourth-order valence-electron chi connectivity index (χ4n) is 3.51. The molecule has 3 rings (SSSR count). The van der Waals surface area contributed by atoms with E-state index >= 15 is 0 Å². The molecule has 1 unspecified atom stereocenters. The first-order valence-electron chi connectivity index (χ1n) is 6.74. The van der Waals surface area contributed by atoms with E-state index in [9.17, 15) is 0 Å². The van der Waals surface area contributed by atoms with Crippen LogP contribution in [0, 0.1) is 5.92 Å². The molecule has 2 heteroatoms. The van der Waals surface area contributed by atoms with Crippen LogP contribution in [0.3, 0.4) is 0 Å². The second-order valence-corrected chi connectivity index (χ2v) is 5.65. The van der Waals surface area contributed by atoms with Crippen LogP contribution in [0.4, 0.5) is 0 Å². The summed E-state index contributed by atoms with van der Waals surface area (Å²) in [5.74, 6) is 1.92. The number of nitrogens with one attached hydrogen (secondary N) is 1. The summed E-state index contributed by atoms with van der Waals surface area (Å²) >= 11 is 0. The third-order valence-electron chi connectivity index (χ3n) is 4.09. The van der Waals surface area contributed by atoms with Crippen LogP contribution < -0.4 is 10.1 Å². The Kier molecular flexibility index (Phi) is 2.62. The number of para-hydroxylation sites is 1. The first kappa shape index (κ1) is 11.1. The highest BCUT2D eigenvalue weighted by atomic mass is 16.5. The molecule has 0 radical (unpaired) electrons. The molecule has 0 bridgehead atoms. The number of benzene rings is 1. The molecule has 2 aliphatic rings. The molecule has 1 aliphatic carbocycles. The fourth-order valence-corrected chi connectivity index (χ4v) is 3.51. The monoisotopic (exact) mass is 231 g/mol. The van der Waals surface area contributed by atoms with Gasteiger partial charge in [-0.1, -0.05) is 32.0 Å². The van der Waals surface area contributed by atoms with Crippen LogP contribution >= 0.6 is 0 Å². The lowest BCUT2D eigenvalue weighted by atomic mass is 9.67. The molecule has 92 valence electrons. The maximum absolute atomic E-state index is 6.26. The summed E-state index contributed by atoms with van der Waals surface area (Å²) in [6, 6.07) is 8.95. The number of rotatable bonds is 2. The maximum Gasteiger partial charge on any atom is 0.124 e. The molecule has 1 saturated carbocycles. The lowest BCUT2D eigenvalue weighted by molar-refractivity contribution is -0.0688. The zero-order valence-electron chi connectivity index (χ0n) is 10.7. The van der Waals surface area contributed by atoms with Crippen molar-refractivity contribution >= 4 is 0 Å². The Balaban J connectivity index is 1.90. The molecular formula is C15H21NO. The molecule has 1 aliphatic heterocycles. The average Bonchev–Trinajstić information content (AvgIpc) is 2.28. The van der Waals surface area contributed by atoms with E-state index < -0.39 is 0 Å². The van der Waals surface area contributed by atoms with E-state index in [1.807, 2.05) is 0 Å². The van der Waals surface area contributed by atoms with Crippen LogP contribution in [0.15, 0.2) is 24.3 Å². The van der Waals surface area contributed by atoms with E-state index in [4.69, 9.17) is 4.74 Å². The summed E-state index contributed by atoms with van der Waals surface area (Å²) in [6.45, 7) is 5.51. The van der Waals surface area contributed by atoms with E-state index in [1.54, 1.807) is 0 Å². The van der Waals surface area contributed by atoms with Gasteiger partial charge in [-0.3, -0.25) is 0 Å². The predicted octanol–water partition coefficient (Wildman–Crippen LogP) is 3.29. The van der Waals surface area contributed by atoms with Crippen molar-refractivity contribution in [2.75, 3.05) is 6.54 Å². The Hall–Kier alpha value is -1.02. The van der Waals surface area contributed by atoms with E-state index in [0.717, 1.165) is 24.6 Å². The zero-order chi connectivity index (χ0) is 11.9. The highest BCUT2D eigenvalue weighted by Gasteiger charge is 2.48. The van der Waals surface area contributed by atoms with E-state index in [-0.39, 0.29) is 5.60 Å². The van der Waals surface area contributed by atoms with Gasteiger partial charge in [-0.15, -0.1) is 0 Å². The first-order valence-corrected chi connectivity index (χ1v) is 6.74. The van der Waals surface area contributed by atoms with Gasteiger partial charge in [0.2, 0.25) is 0 Å². The Morgan fingerprint density at radius 3 is 2.76 bits per heavy atom. The van der Waals surface area contributed by atoms with Crippen molar-refractivity contribution in [3.05, 3.63) is 29.8 Å². The standard InChI is InChI=1S/C15H21NO/c1-3-16-13-10-15(8-11(2)9-15)17-14-7-5-4-6-12(13)14/h4-7,11,13,16H,3,8-10H2,1-2H3. The Labute approximate surface area is 103 Å². The zero-order valence-corrected chi connectivity index (χ0v) is 10.7.